The van der Waals surface area contributed by atoms with Crippen molar-refractivity contribution in [2.24, 2.45) is 0 Å². The number of halogens is 2. The summed E-state index contributed by atoms with van der Waals surface area (Å²) in [6.45, 7) is -1.13. The molecule has 0 bridgehead atoms. The van der Waals surface area contributed by atoms with Crippen molar-refractivity contribution in [2.75, 3.05) is 6.54 Å². The average Bonchev–Trinajstić information content (AvgIpc) is 2.29. The maximum absolute atomic E-state index is 13.3. The van der Waals surface area contributed by atoms with Crippen molar-refractivity contribution in [1.29, 1.82) is 0 Å². The maximum Gasteiger partial charge on any atom is 0.279 e. The second-order valence-corrected chi connectivity index (χ2v) is 4.13. The summed E-state index contributed by atoms with van der Waals surface area (Å²) < 4.78 is 26.7. The molecule has 0 aliphatic rings. The SMILES string of the molecule is O=[N+]([O-])C[C@H](O)C(F)(F)CCCc1ccccc1. The first kappa shape index (κ1) is 14.5. The van der Waals surface area contributed by atoms with Crippen molar-refractivity contribution in [1.82, 2.24) is 0 Å². The zero-order valence-corrected chi connectivity index (χ0v) is 9.76. The van der Waals surface area contributed by atoms with E-state index < -0.39 is 29.9 Å². The molecule has 1 N–H and O–H groups in total. The van der Waals surface area contributed by atoms with E-state index in [2.05, 4.69) is 0 Å². The molecule has 1 aromatic rings. The lowest BCUT2D eigenvalue weighted by molar-refractivity contribution is -0.497. The normalized spacial score (nSPS) is 13.3. The summed E-state index contributed by atoms with van der Waals surface area (Å²) in [5.74, 6) is -3.41. The molecule has 0 radical (unpaired) electrons. The summed E-state index contributed by atoms with van der Waals surface area (Å²) in [6, 6.07) is 9.11. The third-order valence-corrected chi connectivity index (χ3v) is 2.63. The third-order valence-electron chi connectivity index (χ3n) is 2.63. The first-order chi connectivity index (χ1) is 8.42. The van der Waals surface area contributed by atoms with Gasteiger partial charge in [-0.3, -0.25) is 10.1 Å². The summed E-state index contributed by atoms with van der Waals surface area (Å²) in [5.41, 5.74) is 0.928. The highest BCUT2D eigenvalue weighted by Gasteiger charge is 2.40. The van der Waals surface area contributed by atoms with E-state index in [9.17, 15) is 18.9 Å². The molecule has 0 aliphatic carbocycles. The van der Waals surface area contributed by atoms with Gasteiger partial charge in [0.1, 0.15) is 0 Å². The number of nitrogens with zero attached hydrogens (tertiary/aromatic N) is 1. The van der Waals surface area contributed by atoms with Crippen LogP contribution in [0.3, 0.4) is 0 Å². The van der Waals surface area contributed by atoms with Crippen LogP contribution in [0.2, 0.25) is 0 Å². The number of hydrogen-bond donors (Lipinski definition) is 1. The molecule has 18 heavy (non-hydrogen) atoms. The molecule has 0 saturated heterocycles. The molecular weight excluding hydrogens is 244 g/mol. The van der Waals surface area contributed by atoms with Crippen molar-refractivity contribution in [3.63, 3.8) is 0 Å². The highest BCUT2D eigenvalue weighted by Crippen LogP contribution is 2.25. The largest absolute Gasteiger partial charge is 0.381 e. The van der Waals surface area contributed by atoms with Crippen molar-refractivity contribution in [3.8, 4) is 0 Å². The van der Waals surface area contributed by atoms with Crippen LogP contribution in [0.15, 0.2) is 30.3 Å². The third kappa shape index (κ3) is 4.75. The van der Waals surface area contributed by atoms with Gasteiger partial charge in [-0.1, -0.05) is 30.3 Å². The van der Waals surface area contributed by atoms with E-state index in [-0.39, 0.29) is 6.42 Å². The van der Waals surface area contributed by atoms with E-state index >= 15 is 0 Å². The van der Waals surface area contributed by atoms with Crippen LogP contribution in [0.4, 0.5) is 8.78 Å². The lowest BCUT2D eigenvalue weighted by Gasteiger charge is -2.19. The fourth-order valence-corrected chi connectivity index (χ4v) is 1.61. The van der Waals surface area contributed by atoms with Gasteiger partial charge in [-0.05, 0) is 18.4 Å². The Kier molecular flexibility index (Phi) is 5.15. The number of aryl methyl sites for hydroxylation is 1. The molecule has 1 atom stereocenters. The first-order valence-corrected chi connectivity index (χ1v) is 5.63. The predicted octanol–water partition coefficient (Wildman–Crippen LogP) is 2.28. The minimum atomic E-state index is -3.41. The van der Waals surface area contributed by atoms with Crippen molar-refractivity contribution in [2.45, 2.75) is 31.3 Å². The molecule has 6 heteroatoms. The van der Waals surface area contributed by atoms with E-state index in [0.29, 0.717) is 6.42 Å². The summed E-state index contributed by atoms with van der Waals surface area (Å²) in [7, 11) is 0. The van der Waals surface area contributed by atoms with E-state index in [4.69, 9.17) is 5.11 Å². The standard InChI is InChI=1S/C12H15F2NO3/c13-12(14,11(16)9-15(17)18)8-4-7-10-5-2-1-3-6-10/h1-3,5-6,11,16H,4,7-9H2/t11-/m0/s1. The van der Waals surface area contributed by atoms with Crippen LogP contribution in [-0.2, 0) is 6.42 Å². The van der Waals surface area contributed by atoms with Crippen LogP contribution in [0.25, 0.3) is 0 Å². The number of alkyl halides is 2. The minimum Gasteiger partial charge on any atom is -0.381 e. The van der Waals surface area contributed by atoms with E-state index in [1.807, 2.05) is 30.3 Å². The Morgan fingerprint density at radius 2 is 1.94 bits per heavy atom. The van der Waals surface area contributed by atoms with Crippen molar-refractivity contribution >= 4 is 0 Å². The molecule has 1 aromatic carbocycles. The Balaban J connectivity index is 2.39. The number of aliphatic hydroxyl groups excluding tert-OH is 1. The second kappa shape index (κ2) is 6.39. The lowest BCUT2D eigenvalue weighted by atomic mass is 10.0. The van der Waals surface area contributed by atoms with Gasteiger partial charge in [0.25, 0.3) is 5.92 Å². The molecule has 100 valence electrons. The Labute approximate surface area is 103 Å². The van der Waals surface area contributed by atoms with Gasteiger partial charge in [-0.2, -0.15) is 0 Å². The zero-order valence-electron chi connectivity index (χ0n) is 9.76. The number of nitro groups is 1. The average molecular weight is 259 g/mol. The molecule has 0 aliphatic heterocycles. The summed E-state index contributed by atoms with van der Waals surface area (Å²) in [4.78, 5) is 9.13. The van der Waals surface area contributed by atoms with Crippen LogP contribution in [-0.4, -0.2) is 28.6 Å². The summed E-state index contributed by atoms with van der Waals surface area (Å²) >= 11 is 0. The fraction of sp³-hybridized carbons (Fsp3) is 0.500. The van der Waals surface area contributed by atoms with Crippen LogP contribution >= 0.6 is 0 Å². The topological polar surface area (TPSA) is 63.4 Å². The van der Waals surface area contributed by atoms with Crippen LogP contribution in [0.5, 0.6) is 0 Å². The van der Waals surface area contributed by atoms with E-state index in [1.165, 1.54) is 0 Å². The van der Waals surface area contributed by atoms with Gasteiger partial charge in [0.2, 0.25) is 6.54 Å². The second-order valence-electron chi connectivity index (χ2n) is 4.13. The molecule has 0 spiro atoms. The van der Waals surface area contributed by atoms with E-state index in [0.717, 1.165) is 5.56 Å². The molecule has 0 heterocycles. The van der Waals surface area contributed by atoms with Gasteiger partial charge in [0.05, 0.1) is 0 Å². The molecule has 0 unspecified atom stereocenters. The summed E-state index contributed by atoms with van der Waals surface area (Å²) in [6.07, 6.45) is -2.15. The Morgan fingerprint density at radius 3 is 2.50 bits per heavy atom. The molecular formula is C12H15F2NO3. The van der Waals surface area contributed by atoms with E-state index in [1.54, 1.807) is 0 Å². The van der Waals surface area contributed by atoms with Gasteiger partial charge in [0.15, 0.2) is 6.10 Å². The zero-order chi connectivity index (χ0) is 13.6. The number of aliphatic hydroxyl groups is 1. The Bertz CT molecular complexity index is 384. The molecule has 0 amide bonds. The highest BCUT2D eigenvalue weighted by atomic mass is 19.3. The quantitative estimate of drug-likeness (QED) is 0.603. The molecule has 0 saturated carbocycles. The number of hydrogen-bond acceptors (Lipinski definition) is 3. The lowest BCUT2D eigenvalue weighted by Crippen LogP contribution is -2.38. The van der Waals surface area contributed by atoms with Gasteiger partial charge in [-0.25, -0.2) is 8.78 Å². The molecule has 0 aromatic heterocycles. The molecule has 1 rings (SSSR count). The number of rotatable bonds is 7. The van der Waals surface area contributed by atoms with Crippen molar-refractivity contribution < 1.29 is 18.8 Å². The van der Waals surface area contributed by atoms with Crippen LogP contribution < -0.4 is 0 Å². The smallest absolute Gasteiger partial charge is 0.279 e. The molecule has 4 nitrogen and oxygen atoms in total. The predicted molar refractivity (Wildman–Crippen MR) is 62.2 cm³/mol. The first-order valence-electron chi connectivity index (χ1n) is 5.63. The monoisotopic (exact) mass is 259 g/mol. The summed E-state index contributed by atoms with van der Waals surface area (Å²) in [5, 5.41) is 19.1. The van der Waals surface area contributed by atoms with Crippen LogP contribution in [0, 0.1) is 10.1 Å². The van der Waals surface area contributed by atoms with Gasteiger partial charge >= 0.3 is 0 Å². The minimum absolute atomic E-state index is 0.172. The highest BCUT2D eigenvalue weighted by molar-refractivity contribution is 5.14. The Morgan fingerprint density at radius 1 is 1.33 bits per heavy atom. The Hall–Kier alpha value is -1.56. The maximum atomic E-state index is 13.3. The van der Waals surface area contributed by atoms with Crippen LogP contribution in [0.1, 0.15) is 18.4 Å². The van der Waals surface area contributed by atoms with Gasteiger partial charge in [0, 0.05) is 11.3 Å². The van der Waals surface area contributed by atoms with Gasteiger partial charge < -0.3 is 5.11 Å². The molecule has 0 fully saturated rings. The number of benzene rings is 1. The van der Waals surface area contributed by atoms with Crippen molar-refractivity contribution in [3.05, 3.63) is 46.0 Å². The fourth-order valence-electron chi connectivity index (χ4n) is 1.61. The van der Waals surface area contributed by atoms with Gasteiger partial charge in [-0.15, -0.1) is 0 Å².